The number of carbonyl (C=O) groups is 2. The van der Waals surface area contributed by atoms with Gasteiger partial charge in [0.05, 0.1) is 11.7 Å². The Morgan fingerprint density at radius 3 is 2.20 bits per heavy atom. The van der Waals surface area contributed by atoms with Gasteiger partial charge in [0.2, 0.25) is 0 Å². The van der Waals surface area contributed by atoms with Crippen molar-refractivity contribution in [2.24, 2.45) is 0 Å². The van der Waals surface area contributed by atoms with Gasteiger partial charge in [-0.15, -0.1) is 0 Å². The van der Waals surface area contributed by atoms with Crippen molar-refractivity contribution in [2.75, 3.05) is 13.7 Å². The van der Waals surface area contributed by atoms with Gasteiger partial charge in [0.15, 0.2) is 0 Å². The van der Waals surface area contributed by atoms with Gasteiger partial charge < -0.3 is 19.2 Å². The molecule has 1 saturated heterocycles. The monoisotopic (exact) mass is 615 g/mol. The Balaban J connectivity index is 1.38. The number of carbonyl (C=O) groups excluding carboxylic acids is 2. The summed E-state index contributed by atoms with van der Waals surface area (Å²) in [6.45, 7) is 5.64. The molecule has 1 aromatic rings. The van der Waals surface area contributed by atoms with E-state index in [1.807, 2.05) is 0 Å². The Morgan fingerprint density at radius 2 is 1.59 bits per heavy atom. The topological polar surface area (TPSA) is 109 Å². The maximum absolute atomic E-state index is 13.3. The fraction of sp³-hybridized carbons (Fsp3) is 0.706. The van der Waals surface area contributed by atoms with Gasteiger partial charge in [-0.1, -0.05) is 94.8 Å². The third-order valence-corrected chi connectivity index (χ3v) is 8.47. The Hall–Kier alpha value is -3.14. The number of ether oxygens (including phenoxy) is 2. The van der Waals surface area contributed by atoms with Crippen molar-refractivity contribution < 1.29 is 23.9 Å². The van der Waals surface area contributed by atoms with Crippen LogP contribution in [-0.2, 0) is 24.8 Å². The lowest BCUT2D eigenvalue weighted by molar-refractivity contribution is -0.153. The van der Waals surface area contributed by atoms with Crippen LogP contribution in [0.1, 0.15) is 129 Å². The molecule has 1 aromatic heterocycles. The largest absolute Gasteiger partial charge is 0.463 e. The maximum Gasteiger partial charge on any atom is 0.367 e. The maximum atomic E-state index is 13.3. The van der Waals surface area contributed by atoms with E-state index in [0.717, 1.165) is 19.3 Å². The number of allylic oxidation sites excluding steroid dienone is 1. The van der Waals surface area contributed by atoms with Crippen LogP contribution in [-0.4, -0.2) is 45.9 Å². The molecule has 3 heterocycles. The van der Waals surface area contributed by atoms with Crippen LogP contribution >= 0.6 is 0 Å². The first-order chi connectivity index (χ1) is 21.1. The molecule has 0 aliphatic carbocycles. The van der Waals surface area contributed by atoms with Crippen LogP contribution in [0.2, 0.25) is 0 Å². The number of esters is 1. The van der Waals surface area contributed by atoms with Crippen molar-refractivity contribution in [1.29, 1.82) is 0 Å². The van der Waals surface area contributed by atoms with Gasteiger partial charge >= 0.3 is 17.6 Å². The van der Waals surface area contributed by atoms with Gasteiger partial charge in [-0.2, -0.15) is 0 Å². The first-order valence-corrected chi connectivity index (χ1v) is 16.7. The predicted molar refractivity (Wildman–Crippen MR) is 170 cm³/mol. The zero-order chi connectivity index (χ0) is 32.0. The summed E-state index contributed by atoms with van der Waals surface area (Å²) in [5.41, 5.74) is -2.07. The highest BCUT2D eigenvalue weighted by molar-refractivity contribution is 5.89. The summed E-state index contributed by atoms with van der Waals surface area (Å²) in [4.78, 5) is 58.1. The minimum absolute atomic E-state index is 0.102. The number of hydrogen-bond acceptors (Lipinski definition) is 8. The minimum atomic E-state index is -1.09. The molecular weight excluding hydrogens is 562 g/mol. The second-order valence-electron chi connectivity index (χ2n) is 12.5. The molecule has 2 atom stereocenters. The van der Waals surface area contributed by atoms with Crippen molar-refractivity contribution in [2.45, 2.75) is 142 Å². The lowest BCUT2D eigenvalue weighted by Gasteiger charge is -2.28. The second-order valence-corrected chi connectivity index (χ2v) is 12.5. The highest BCUT2D eigenvalue weighted by Gasteiger charge is 2.40. The SMILES string of the molecule is CCCCCCCCCCCCCCCC(=O)OC[C@@H]1CC[C@](C)(n2cc(C)c(=O)n(OC(=O)C3=CN(C)C=CC3)c2=O)O1. The van der Waals surface area contributed by atoms with Crippen LogP contribution in [0.4, 0.5) is 0 Å². The molecule has 44 heavy (non-hydrogen) atoms. The highest BCUT2D eigenvalue weighted by atomic mass is 16.7. The summed E-state index contributed by atoms with van der Waals surface area (Å²) in [7, 11) is 1.76. The van der Waals surface area contributed by atoms with E-state index in [4.69, 9.17) is 14.3 Å². The van der Waals surface area contributed by atoms with Crippen LogP contribution in [0.15, 0.2) is 39.8 Å². The van der Waals surface area contributed by atoms with E-state index in [-0.39, 0.29) is 24.2 Å². The quantitative estimate of drug-likeness (QED) is 0.140. The summed E-state index contributed by atoms with van der Waals surface area (Å²) in [6.07, 6.45) is 24.2. The summed E-state index contributed by atoms with van der Waals surface area (Å²) < 4.78 is 13.5. The molecule has 3 rings (SSSR count). The van der Waals surface area contributed by atoms with Crippen LogP contribution in [0.25, 0.3) is 0 Å². The fourth-order valence-corrected chi connectivity index (χ4v) is 5.78. The summed E-state index contributed by atoms with van der Waals surface area (Å²) in [5.74, 6) is -1.01. The van der Waals surface area contributed by atoms with Crippen LogP contribution < -0.4 is 16.1 Å². The number of nitrogens with zero attached hydrogens (tertiary/aromatic N) is 3. The average Bonchev–Trinajstić information content (AvgIpc) is 3.39. The molecule has 0 unspecified atom stereocenters. The van der Waals surface area contributed by atoms with E-state index < -0.39 is 22.9 Å². The summed E-state index contributed by atoms with van der Waals surface area (Å²) >= 11 is 0. The molecule has 0 aromatic carbocycles. The normalized spacial score (nSPS) is 19.7. The van der Waals surface area contributed by atoms with E-state index in [1.54, 1.807) is 44.3 Å². The molecule has 0 radical (unpaired) electrons. The second kappa shape index (κ2) is 18.0. The zero-order valence-corrected chi connectivity index (χ0v) is 27.3. The smallest absolute Gasteiger partial charge is 0.367 e. The Morgan fingerprint density at radius 1 is 0.977 bits per heavy atom. The average molecular weight is 616 g/mol. The van der Waals surface area contributed by atoms with Crippen LogP contribution in [0, 0.1) is 6.92 Å². The van der Waals surface area contributed by atoms with Crippen molar-refractivity contribution in [3.8, 4) is 0 Å². The third kappa shape index (κ3) is 10.8. The van der Waals surface area contributed by atoms with E-state index in [1.165, 1.54) is 75.0 Å². The van der Waals surface area contributed by atoms with Crippen LogP contribution in [0.3, 0.4) is 0 Å². The standard InChI is InChI=1S/C34H53N3O7/c1-5-6-7-8-9-10-11-12-13-14-15-16-17-20-30(38)42-26-29-21-22-34(3,43-29)36-24-27(2)31(39)37(33(36)41)44-32(40)28-19-18-23-35(4)25-28/h18,23-25,29H,5-17,19-22,26H2,1-4H3/t29-,34+/m0/s1. The van der Waals surface area contributed by atoms with Crippen molar-refractivity contribution >= 4 is 11.9 Å². The number of aromatic nitrogens is 2. The van der Waals surface area contributed by atoms with Gasteiger partial charge in [0.25, 0.3) is 5.56 Å². The summed E-state index contributed by atoms with van der Waals surface area (Å²) in [5, 5.41) is 0. The molecule has 0 N–H and O–H groups in total. The molecule has 246 valence electrons. The fourth-order valence-electron chi connectivity index (χ4n) is 5.78. The predicted octanol–water partition coefficient (Wildman–Crippen LogP) is 5.88. The lowest BCUT2D eigenvalue weighted by atomic mass is 10.0. The van der Waals surface area contributed by atoms with E-state index in [0.29, 0.717) is 36.0 Å². The molecule has 2 aliphatic heterocycles. The molecule has 2 aliphatic rings. The molecule has 10 heteroatoms. The molecule has 0 amide bonds. The Labute approximate surface area is 262 Å². The third-order valence-electron chi connectivity index (χ3n) is 8.47. The summed E-state index contributed by atoms with van der Waals surface area (Å²) in [6, 6.07) is 0. The van der Waals surface area contributed by atoms with Crippen LogP contribution in [0.5, 0.6) is 0 Å². The molecule has 0 bridgehead atoms. The van der Waals surface area contributed by atoms with Crippen molar-refractivity contribution in [3.05, 3.63) is 56.6 Å². The lowest BCUT2D eigenvalue weighted by Crippen LogP contribution is -2.51. The number of hydrogen-bond donors (Lipinski definition) is 0. The molecular formula is C34H53N3O7. The first kappa shape index (κ1) is 35.3. The first-order valence-electron chi connectivity index (χ1n) is 16.7. The number of aryl methyl sites for hydroxylation is 1. The zero-order valence-electron chi connectivity index (χ0n) is 27.3. The highest BCUT2D eigenvalue weighted by Crippen LogP contribution is 2.33. The van der Waals surface area contributed by atoms with E-state index >= 15 is 0 Å². The van der Waals surface area contributed by atoms with Gasteiger partial charge in [-0.05, 0) is 39.3 Å². The van der Waals surface area contributed by atoms with E-state index in [2.05, 4.69) is 6.92 Å². The van der Waals surface area contributed by atoms with Gasteiger partial charge in [0, 0.05) is 37.8 Å². The van der Waals surface area contributed by atoms with Crippen molar-refractivity contribution in [3.63, 3.8) is 0 Å². The van der Waals surface area contributed by atoms with Gasteiger partial charge in [0.1, 0.15) is 12.3 Å². The number of unbranched alkanes of at least 4 members (excludes halogenated alkanes) is 12. The number of rotatable bonds is 19. The van der Waals surface area contributed by atoms with Crippen molar-refractivity contribution in [1.82, 2.24) is 14.2 Å². The Bertz CT molecular complexity index is 1260. The Kier molecular flexibility index (Phi) is 14.4. The molecule has 0 spiro atoms. The minimum Gasteiger partial charge on any atom is -0.463 e. The molecule has 0 saturated carbocycles. The molecule has 1 fully saturated rings. The molecule has 10 nitrogen and oxygen atoms in total. The van der Waals surface area contributed by atoms with Gasteiger partial charge in [-0.25, -0.2) is 9.59 Å². The van der Waals surface area contributed by atoms with Gasteiger partial charge in [-0.3, -0.25) is 14.2 Å². The van der Waals surface area contributed by atoms with E-state index in [9.17, 15) is 19.2 Å².